The molecule has 2 heterocycles. The van der Waals surface area contributed by atoms with Crippen LogP contribution in [-0.2, 0) is 11.3 Å². The number of hydrogen-bond acceptors (Lipinski definition) is 6. The first-order valence-corrected chi connectivity index (χ1v) is 9.54. The molecule has 1 aromatic carbocycles. The standard InChI is InChI=1S/C19H28N6O2.ClH/c1-3-4-17(24-11-9-15(10-12-24)18(20)26)19-21-22-23-25(19)13-14-5-7-16(27-2)8-6-14;/h5-8,15,17H,3-4,9-13H2,1-2H3,(H2,20,26);1H/p-1. The number of halogens is 1. The summed E-state index contributed by atoms with van der Waals surface area (Å²) in [6.45, 7) is 4.46. The number of piperidine rings is 1. The Morgan fingerprint density at radius 3 is 2.54 bits per heavy atom. The van der Waals surface area contributed by atoms with Gasteiger partial charge < -0.3 is 22.9 Å². The molecule has 1 unspecified atom stereocenters. The topological polar surface area (TPSA) is 99.2 Å². The van der Waals surface area contributed by atoms with E-state index in [0.717, 1.165) is 55.9 Å². The number of carbonyl (C=O) groups excluding carboxylic acids is 1. The number of nitrogens with two attached hydrogens (primary N) is 1. The first-order valence-electron chi connectivity index (χ1n) is 9.54. The van der Waals surface area contributed by atoms with E-state index in [-0.39, 0.29) is 30.3 Å². The van der Waals surface area contributed by atoms with Crippen molar-refractivity contribution in [3.8, 4) is 5.75 Å². The summed E-state index contributed by atoms with van der Waals surface area (Å²) in [7, 11) is 1.66. The minimum Gasteiger partial charge on any atom is -1.00 e. The van der Waals surface area contributed by atoms with Gasteiger partial charge in [0, 0.05) is 5.92 Å². The molecule has 1 atom stereocenters. The van der Waals surface area contributed by atoms with E-state index in [1.807, 2.05) is 28.9 Å². The Morgan fingerprint density at radius 2 is 1.96 bits per heavy atom. The minimum absolute atomic E-state index is 0. The molecule has 2 N–H and O–H groups in total. The molecule has 0 radical (unpaired) electrons. The Balaban J connectivity index is 0.00000280. The van der Waals surface area contributed by atoms with Crippen molar-refractivity contribution in [2.45, 2.75) is 45.2 Å². The summed E-state index contributed by atoms with van der Waals surface area (Å²) in [6, 6.07) is 8.08. The van der Waals surface area contributed by atoms with E-state index in [1.165, 1.54) is 0 Å². The largest absolute Gasteiger partial charge is 1.00 e. The molecule has 9 heteroatoms. The lowest BCUT2D eigenvalue weighted by molar-refractivity contribution is -0.123. The third kappa shape index (κ3) is 5.20. The molecule has 1 aliphatic heterocycles. The van der Waals surface area contributed by atoms with Gasteiger partial charge in [-0.1, -0.05) is 25.5 Å². The molecule has 154 valence electrons. The summed E-state index contributed by atoms with van der Waals surface area (Å²) in [5.74, 6) is 1.51. The average Bonchev–Trinajstić information content (AvgIpc) is 3.14. The van der Waals surface area contributed by atoms with Gasteiger partial charge in [0.15, 0.2) is 5.82 Å². The molecule has 0 aliphatic carbocycles. The van der Waals surface area contributed by atoms with Gasteiger partial charge >= 0.3 is 0 Å². The maximum Gasteiger partial charge on any atom is 0.220 e. The van der Waals surface area contributed by atoms with Gasteiger partial charge in [0.2, 0.25) is 5.91 Å². The number of primary amides is 1. The van der Waals surface area contributed by atoms with Gasteiger partial charge in [-0.15, -0.1) is 5.10 Å². The molecule has 3 rings (SSSR count). The predicted molar refractivity (Wildman–Crippen MR) is 101 cm³/mol. The quantitative estimate of drug-likeness (QED) is 0.588. The fourth-order valence-electron chi connectivity index (χ4n) is 3.71. The Bertz CT molecular complexity index is 743. The molecule has 1 fully saturated rings. The zero-order valence-electron chi connectivity index (χ0n) is 16.4. The van der Waals surface area contributed by atoms with Gasteiger partial charge in [-0.3, -0.25) is 9.69 Å². The molecule has 1 amide bonds. The molecule has 1 aromatic heterocycles. The third-order valence-corrected chi connectivity index (χ3v) is 5.28. The van der Waals surface area contributed by atoms with Crippen molar-refractivity contribution >= 4 is 5.91 Å². The summed E-state index contributed by atoms with van der Waals surface area (Å²) >= 11 is 0. The molecule has 0 spiro atoms. The summed E-state index contributed by atoms with van der Waals surface area (Å²) in [5, 5.41) is 12.5. The summed E-state index contributed by atoms with van der Waals surface area (Å²) in [6.07, 6.45) is 3.62. The fraction of sp³-hybridized carbons (Fsp3) is 0.579. The number of hydrogen-bond donors (Lipinski definition) is 1. The van der Waals surface area contributed by atoms with Crippen molar-refractivity contribution < 1.29 is 21.9 Å². The van der Waals surface area contributed by atoms with Gasteiger partial charge in [-0.25, -0.2) is 4.68 Å². The van der Waals surface area contributed by atoms with E-state index in [1.54, 1.807) is 7.11 Å². The van der Waals surface area contributed by atoms with Crippen molar-refractivity contribution in [2.24, 2.45) is 11.7 Å². The number of nitrogens with zero attached hydrogens (tertiary/aromatic N) is 5. The van der Waals surface area contributed by atoms with Crippen LogP contribution in [0.25, 0.3) is 0 Å². The van der Waals surface area contributed by atoms with Crippen LogP contribution in [0.15, 0.2) is 24.3 Å². The predicted octanol–water partition coefficient (Wildman–Crippen LogP) is -1.23. The van der Waals surface area contributed by atoms with Gasteiger partial charge in [0.1, 0.15) is 5.75 Å². The summed E-state index contributed by atoms with van der Waals surface area (Å²) < 4.78 is 7.09. The van der Waals surface area contributed by atoms with Crippen molar-refractivity contribution in [3.63, 3.8) is 0 Å². The zero-order chi connectivity index (χ0) is 19.2. The number of benzene rings is 1. The lowest BCUT2D eigenvalue weighted by Gasteiger charge is -2.36. The van der Waals surface area contributed by atoms with E-state index in [9.17, 15) is 4.79 Å². The highest BCUT2D eigenvalue weighted by Gasteiger charge is 2.30. The highest BCUT2D eigenvalue weighted by atomic mass is 35.5. The van der Waals surface area contributed by atoms with E-state index in [0.29, 0.717) is 6.54 Å². The molecule has 8 nitrogen and oxygen atoms in total. The number of rotatable bonds is 8. The van der Waals surface area contributed by atoms with Gasteiger partial charge in [0.05, 0.1) is 19.7 Å². The highest BCUT2D eigenvalue weighted by molar-refractivity contribution is 5.76. The SMILES string of the molecule is CCCC(c1nnnn1Cc1ccc(OC)cc1)N1CCC(C(N)=O)CC1.[Cl-]. The Hall–Kier alpha value is -2.19. The molecule has 0 saturated carbocycles. The highest BCUT2D eigenvalue weighted by Crippen LogP contribution is 2.29. The van der Waals surface area contributed by atoms with Gasteiger partial charge in [-0.05, 0) is 60.5 Å². The lowest BCUT2D eigenvalue weighted by Crippen LogP contribution is -3.00. The van der Waals surface area contributed by atoms with Crippen LogP contribution in [0.4, 0.5) is 0 Å². The number of ether oxygens (including phenoxy) is 1. The number of amides is 1. The normalized spacial score (nSPS) is 16.4. The van der Waals surface area contributed by atoms with Crippen LogP contribution in [0, 0.1) is 5.92 Å². The lowest BCUT2D eigenvalue weighted by atomic mass is 9.94. The molecule has 1 aliphatic rings. The van der Waals surface area contributed by atoms with Crippen LogP contribution in [-0.4, -0.2) is 51.2 Å². The van der Waals surface area contributed by atoms with Gasteiger partial charge in [-0.2, -0.15) is 0 Å². The maximum atomic E-state index is 11.4. The first-order chi connectivity index (χ1) is 13.1. The monoisotopic (exact) mass is 407 g/mol. The van der Waals surface area contributed by atoms with Crippen molar-refractivity contribution in [1.82, 2.24) is 25.1 Å². The maximum absolute atomic E-state index is 11.4. The van der Waals surface area contributed by atoms with Crippen molar-refractivity contribution in [2.75, 3.05) is 20.2 Å². The Morgan fingerprint density at radius 1 is 1.29 bits per heavy atom. The first kappa shape index (κ1) is 22.1. The fourth-order valence-corrected chi connectivity index (χ4v) is 3.71. The molecular formula is C19H28ClN6O2-. The van der Waals surface area contributed by atoms with Crippen LogP contribution < -0.4 is 22.9 Å². The van der Waals surface area contributed by atoms with E-state index in [2.05, 4.69) is 27.3 Å². The third-order valence-electron chi connectivity index (χ3n) is 5.28. The smallest absolute Gasteiger partial charge is 0.220 e. The number of tetrazole rings is 1. The van der Waals surface area contributed by atoms with Gasteiger partial charge in [0.25, 0.3) is 0 Å². The number of likely N-dealkylation sites (tertiary alicyclic amines) is 1. The molecule has 2 aromatic rings. The van der Waals surface area contributed by atoms with Crippen molar-refractivity contribution in [1.29, 1.82) is 0 Å². The van der Waals surface area contributed by atoms with Crippen LogP contribution in [0.2, 0.25) is 0 Å². The summed E-state index contributed by atoms with van der Waals surface area (Å²) in [4.78, 5) is 13.8. The molecule has 0 bridgehead atoms. The summed E-state index contributed by atoms with van der Waals surface area (Å²) in [5.41, 5.74) is 6.59. The minimum atomic E-state index is -0.189. The van der Waals surface area contributed by atoms with E-state index >= 15 is 0 Å². The molecule has 28 heavy (non-hydrogen) atoms. The number of carbonyl (C=O) groups is 1. The number of aromatic nitrogens is 4. The molecular weight excluding hydrogens is 380 g/mol. The van der Waals surface area contributed by atoms with Crippen LogP contribution in [0.3, 0.4) is 0 Å². The van der Waals surface area contributed by atoms with Crippen molar-refractivity contribution in [3.05, 3.63) is 35.7 Å². The second-order valence-corrected chi connectivity index (χ2v) is 7.06. The Kier molecular flexibility index (Phi) is 8.19. The van der Waals surface area contributed by atoms with E-state index in [4.69, 9.17) is 10.5 Å². The molecule has 1 saturated heterocycles. The second kappa shape index (κ2) is 10.4. The van der Waals surface area contributed by atoms with Crippen LogP contribution >= 0.6 is 0 Å². The average molecular weight is 408 g/mol. The Labute approximate surface area is 171 Å². The number of methoxy groups -OCH3 is 1. The van der Waals surface area contributed by atoms with Crippen LogP contribution in [0.5, 0.6) is 5.75 Å². The zero-order valence-corrected chi connectivity index (χ0v) is 17.2. The van der Waals surface area contributed by atoms with Crippen LogP contribution in [0.1, 0.15) is 50.0 Å². The van der Waals surface area contributed by atoms with E-state index < -0.39 is 0 Å². The second-order valence-electron chi connectivity index (χ2n) is 7.06.